The summed E-state index contributed by atoms with van der Waals surface area (Å²) in [6.45, 7) is 16.4. The first-order valence-corrected chi connectivity index (χ1v) is 9.39. The van der Waals surface area contributed by atoms with Gasteiger partial charge in [-0.25, -0.2) is 0 Å². The minimum absolute atomic E-state index is 0. The molecule has 134 valence electrons. The summed E-state index contributed by atoms with van der Waals surface area (Å²) in [5.41, 5.74) is 3.40. The minimum atomic E-state index is 0. The van der Waals surface area contributed by atoms with Gasteiger partial charge in [0.1, 0.15) is 0 Å². The third-order valence-electron chi connectivity index (χ3n) is 4.84. The molecule has 1 aromatic carbocycles. The average Bonchev–Trinajstić information content (AvgIpc) is 2.43. The van der Waals surface area contributed by atoms with E-state index in [9.17, 15) is 0 Å². The van der Waals surface area contributed by atoms with E-state index < -0.39 is 0 Å². The van der Waals surface area contributed by atoms with E-state index in [1.807, 2.05) is 0 Å². The monoisotopic (exact) mass is 318 g/mol. The smallest absolute Gasteiger partial charge is 0.0111 e. The van der Waals surface area contributed by atoms with E-state index in [1.54, 1.807) is 5.56 Å². The zero-order valence-corrected chi connectivity index (χ0v) is 16.1. The van der Waals surface area contributed by atoms with Crippen LogP contribution in [0.4, 0.5) is 0 Å². The Kier molecular flexibility index (Phi) is 9.82. The first kappa shape index (κ1) is 22.2. The maximum Gasteiger partial charge on any atom is -0.0111 e. The average molecular weight is 319 g/mol. The summed E-state index contributed by atoms with van der Waals surface area (Å²) in [6, 6.07) is 9.63. The largest absolute Gasteiger partial charge is 0.0776 e. The Hall–Kier alpha value is -0.780. The van der Waals surface area contributed by atoms with Crippen molar-refractivity contribution in [2.24, 2.45) is 11.3 Å². The Bertz CT molecular complexity index is 399. The van der Waals surface area contributed by atoms with Crippen molar-refractivity contribution in [1.82, 2.24) is 0 Å². The Balaban J connectivity index is 0.00000484. The van der Waals surface area contributed by atoms with Crippen LogP contribution in [0.3, 0.4) is 0 Å². The molecule has 0 aliphatic carbocycles. The van der Waals surface area contributed by atoms with Gasteiger partial charge in [0.15, 0.2) is 0 Å². The molecule has 0 aliphatic rings. The highest BCUT2D eigenvalue weighted by molar-refractivity contribution is 5.29. The van der Waals surface area contributed by atoms with Crippen LogP contribution in [0.1, 0.15) is 111 Å². The number of hydrogen-bond acceptors (Lipinski definition) is 0. The van der Waals surface area contributed by atoms with E-state index in [-0.39, 0.29) is 7.43 Å². The molecule has 0 aromatic heterocycles. The third-order valence-corrected chi connectivity index (χ3v) is 4.84. The maximum atomic E-state index is 2.41. The Morgan fingerprint density at radius 3 is 1.61 bits per heavy atom. The Morgan fingerprint density at radius 1 is 0.826 bits per heavy atom. The van der Waals surface area contributed by atoms with Crippen molar-refractivity contribution >= 4 is 0 Å². The van der Waals surface area contributed by atoms with E-state index in [0.717, 1.165) is 11.8 Å². The molecular formula is C23H42. The highest BCUT2D eigenvalue weighted by atomic mass is 14.3. The summed E-state index contributed by atoms with van der Waals surface area (Å²) in [4.78, 5) is 0. The van der Waals surface area contributed by atoms with Crippen molar-refractivity contribution in [3.63, 3.8) is 0 Å². The SMILES string of the molecule is C.CCCC(CCC)c1ccc(C(CC(C)C)C(C)(C)C)cc1. The summed E-state index contributed by atoms with van der Waals surface area (Å²) < 4.78 is 0. The molecule has 1 atom stereocenters. The van der Waals surface area contributed by atoms with Crippen LogP contribution in [0, 0.1) is 11.3 Å². The summed E-state index contributed by atoms with van der Waals surface area (Å²) in [5.74, 6) is 2.15. The second kappa shape index (κ2) is 10.2. The van der Waals surface area contributed by atoms with Crippen LogP contribution in [-0.2, 0) is 0 Å². The summed E-state index contributed by atoms with van der Waals surface area (Å²) in [6.07, 6.45) is 6.48. The molecule has 0 N–H and O–H groups in total. The molecule has 0 heteroatoms. The molecule has 0 nitrogen and oxygen atoms in total. The molecule has 0 heterocycles. The number of benzene rings is 1. The quantitative estimate of drug-likeness (QED) is 0.453. The molecule has 0 saturated heterocycles. The van der Waals surface area contributed by atoms with Gasteiger partial charge in [-0.1, -0.05) is 93.0 Å². The topological polar surface area (TPSA) is 0 Å². The lowest BCUT2D eigenvalue weighted by molar-refractivity contribution is 0.280. The van der Waals surface area contributed by atoms with E-state index >= 15 is 0 Å². The van der Waals surface area contributed by atoms with E-state index in [2.05, 4.69) is 72.7 Å². The highest BCUT2D eigenvalue weighted by Gasteiger charge is 2.27. The normalized spacial score (nSPS) is 13.3. The fraction of sp³-hybridized carbons (Fsp3) is 0.739. The van der Waals surface area contributed by atoms with Gasteiger partial charge in [0.2, 0.25) is 0 Å². The van der Waals surface area contributed by atoms with Crippen LogP contribution in [-0.4, -0.2) is 0 Å². The van der Waals surface area contributed by atoms with Gasteiger partial charge in [-0.15, -0.1) is 0 Å². The van der Waals surface area contributed by atoms with Crippen molar-refractivity contribution in [3.05, 3.63) is 35.4 Å². The first-order chi connectivity index (χ1) is 10.3. The van der Waals surface area contributed by atoms with Crippen LogP contribution < -0.4 is 0 Å². The zero-order chi connectivity index (χ0) is 16.8. The maximum absolute atomic E-state index is 2.41. The van der Waals surface area contributed by atoms with Gasteiger partial charge >= 0.3 is 0 Å². The summed E-state index contributed by atoms with van der Waals surface area (Å²) in [7, 11) is 0. The van der Waals surface area contributed by atoms with E-state index in [0.29, 0.717) is 11.3 Å². The van der Waals surface area contributed by atoms with Crippen molar-refractivity contribution in [1.29, 1.82) is 0 Å². The molecule has 0 spiro atoms. The van der Waals surface area contributed by atoms with Gasteiger partial charge < -0.3 is 0 Å². The zero-order valence-electron chi connectivity index (χ0n) is 16.1. The fourth-order valence-corrected chi connectivity index (χ4v) is 3.64. The lowest BCUT2D eigenvalue weighted by Gasteiger charge is -2.33. The van der Waals surface area contributed by atoms with E-state index in [4.69, 9.17) is 0 Å². The second-order valence-corrected chi connectivity index (χ2v) is 8.49. The predicted molar refractivity (Wildman–Crippen MR) is 107 cm³/mol. The van der Waals surface area contributed by atoms with Gasteiger partial charge in [0.05, 0.1) is 0 Å². The predicted octanol–water partition coefficient (Wildman–Crippen LogP) is 8.18. The van der Waals surface area contributed by atoms with Gasteiger partial charge in [-0.2, -0.15) is 0 Å². The lowest BCUT2D eigenvalue weighted by atomic mass is 9.72. The molecular weight excluding hydrogens is 276 g/mol. The first-order valence-electron chi connectivity index (χ1n) is 9.39. The van der Waals surface area contributed by atoms with Crippen LogP contribution in [0.25, 0.3) is 0 Å². The van der Waals surface area contributed by atoms with Crippen molar-refractivity contribution in [2.75, 3.05) is 0 Å². The Labute approximate surface area is 147 Å². The summed E-state index contributed by atoms with van der Waals surface area (Å²) in [5, 5.41) is 0. The molecule has 1 aromatic rings. The number of hydrogen-bond donors (Lipinski definition) is 0. The minimum Gasteiger partial charge on any atom is -0.0776 e. The molecule has 0 aliphatic heterocycles. The van der Waals surface area contributed by atoms with Crippen molar-refractivity contribution in [2.45, 2.75) is 99.8 Å². The van der Waals surface area contributed by atoms with Crippen molar-refractivity contribution in [3.8, 4) is 0 Å². The lowest BCUT2D eigenvalue weighted by Crippen LogP contribution is -2.20. The number of rotatable bonds is 8. The fourth-order valence-electron chi connectivity index (χ4n) is 3.64. The van der Waals surface area contributed by atoms with Crippen LogP contribution in [0.15, 0.2) is 24.3 Å². The summed E-state index contributed by atoms with van der Waals surface area (Å²) >= 11 is 0. The third kappa shape index (κ3) is 7.10. The highest BCUT2D eigenvalue weighted by Crippen LogP contribution is 2.40. The van der Waals surface area contributed by atoms with Gasteiger partial charge in [-0.3, -0.25) is 0 Å². The van der Waals surface area contributed by atoms with Crippen LogP contribution >= 0.6 is 0 Å². The molecule has 0 bridgehead atoms. The van der Waals surface area contributed by atoms with Gasteiger partial charge in [0, 0.05) is 0 Å². The van der Waals surface area contributed by atoms with E-state index in [1.165, 1.54) is 37.7 Å². The molecule has 23 heavy (non-hydrogen) atoms. The standard InChI is InChI=1S/C22H38.CH4/c1-8-10-18(11-9-2)19-12-14-20(15-13-19)21(16-17(3)4)22(5,6)7;/h12-15,17-18,21H,8-11,16H2,1-7H3;1H4. The van der Waals surface area contributed by atoms with Crippen LogP contribution in [0.5, 0.6) is 0 Å². The second-order valence-electron chi connectivity index (χ2n) is 8.49. The van der Waals surface area contributed by atoms with Crippen LogP contribution in [0.2, 0.25) is 0 Å². The molecule has 0 radical (unpaired) electrons. The molecule has 1 rings (SSSR count). The van der Waals surface area contributed by atoms with Crippen molar-refractivity contribution < 1.29 is 0 Å². The van der Waals surface area contributed by atoms with Gasteiger partial charge in [-0.05, 0) is 53.6 Å². The molecule has 0 fully saturated rings. The Morgan fingerprint density at radius 2 is 1.26 bits per heavy atom. The molecule has 0 amide bonds. The molecule has 1 unspecified atom stereocenters. The molecule has 0 saturated carbocycles. The van der Waals surface area contributed by atoms with Gasteiger partial charge in [0.25, 0.3) is 0 Å².